The van der Waals surface area contributed by atoms with E-state index in [-0.39, 0.29) is 24.2 Å². The average Bonchev–Trinajstić information content (AvgIpc) is 2.49. The van der Waals surface area contributed by atoms with Crippen molar-refractivity contribution < 1.29 is 19.1 Å². The highest BCUT2D eigenvalue weighted by atomic mass is 16.5. The predicted octanol–water partition coefficient (Wildman–Crippen LogP) is 2.09. The molecule has 0 saturated heterocycles. The zero-order chi connectivity index (χ0) is 15.8. The number of benzene rings is 1. The van der Waals surface area contributed by atoms with E-state index in [2.05, 4.69) is 5.32 Å². The van der Waals surface area contributed by atoms with Gasteiger partial charge < -0.3 is 10.1 Å². The third-order valence-electron chi connectivity index (χ3n) is 3.12. The second-order valence-electron chi connectivity index (χ2n) is 5.00. The second-order valence-corrected chi connectivity index (χ2v) is 5.00. The molecular formula is C16H21NO4. The summed E-state index contributed by atoms with van der Waals surface area (Å²) in [5.74, 6) is -0.721. The highest BCUT2D eigenvalue weighted by molar-refractivity contribution is 5.91. The van der Waals surface area contributed by atoms with E-state index in [0.29, 0.717) is 12.1 Å². The molecule has 1 aromatic carbocycles. The first-order valence-electron chi connectivity index (χ1n) is 6.97. The second kappa shape index (κ2) is 8.19. The summed E-state index contributed by atoms with van der Waals surface area (Å²) in [7, 11) is 0. The molecule has 1 rings (SSSR count). The Bertz CT molecular complexity index is 508. The zero-order valence-electron chi connectivity index (χ0n) is 12.6. The summed E-state index contributed by atoms with van der Waals surface area (Å²) < 4.78 is 4.82. The molecule has 1 N–H and O–H groups in total. The van der Waals surface area contributed by atoms with E-state index in [1.165, 1.54) is 6.92 Å². The number of amides is 1. The van der Waals surface area contributed by atoms with E-state index in [9.17, 15) is 14.4 Å². The molecule has 0 spiro atoms. The van der Waals surface area contributed by atoms with Gasteiger partial charge in [0.1, 0.15) is 6.61 Å². The van der Waals surface area contributed by atoms with Gasteiger partial charge in [0.15, 0.2) is 5.78 Å². The van der Waals surface area contributed by atoms with Gasteiger partial charge in [0.2, 0.25) is 5.91 Å². The number of hydrogen-bond donors (Lipinski definition) is 1. The molecule has 0 aromatic heterocycles. The van der Waals surface area contributed by atoms with Crippen LogP contribution >= 0.6 is 0 Å². The van der Waals surface area contributed by atoms with Crippen molar-refractivity contribution in [1.29, 1.82) is 0 Å². The van der Waals surface area contributed by atoms with Gasteiger partial charge in [-0.05, 0) is 31.0 Å². The minimum Gasteiger partial charge on any atom is -0.454 e. The normalized spacial score (nSPS) is 11.6. The van der Waals surface area contributed by atoms with Gasteiger partial charge in [0.25, 0.3) is 0 Å². The zero-order valence-corrected chi connectivity index (χ0v) is 12.6. The van der Waals surface area contributed by atoms with Crippen LogP contribution in [-0.4, -0.2) is 24.3 Å². The molecule has 5 nitrogen and oxygen atoms in total. The maximum atomic E-state index is 11.7. The van der Waals surface area contributed by atoms with Gasteiger partial charge in [-0.15, -0.1) is 0 Å². The Kier molecular flexibility index (Phi) is 6.59. The van der Waals surface area contributed by atoms with Gasteiger partial charge in [-0.1, -0.05) is 26.0 Å². The topological polar surface area (TPSA) is 72.5 Å². The Balaban J connectivity index is 2.52. The minimum atomic E-state index is -0.527. The lowest BCUT2D eigenvalue weighted by Crippen LogP contribution is -2.28. The first kappa shape index (κ1) is 16.9. The maximum absolute atomic E-state index is 11.7. The molecule has 0 fully saturated rings. The SMILES string of the molecule is CC[C@H](C)C(=O)NCc1ccc(C(=O)OCC(C)=O)cc1. The first-order chi connectivity index (χ1) is 9.93. The Morgan fingerprint density at radius 2 is 1.81 bits per heavy atom. The summed E-state index contributed by atoms with van der Waals surface area (Å²) in [6.45, 7) is 5.41. The van der Waals surface area contributed by atoms with Gasteiger partial charge in [-0.3, -0.25) is 9.59 Å². The van der Waals surface area contributed by atoms with E-state index >= 15 is 0 Å². The Morgan fingerprint density at radius 1 is 1.19 bits per heavy atom. The highest BCUT2D eigenvalue weighted by Crippen LogP contribution is 2.07. The molecule has 5 heteroatoms. The molecule has 0 unspecified atom stereocenters. The van der Waals surface area contributed by atoms with E-state index in [1.807, 2.05) is 13.8 Å². The Hall–Kier alpha value is -2.17. The molecule has 0 aliphatic carbocycles. The van der Waals surface area contributed by atoms with Crippen molar-refractivity contribution in [1.82, 2.24) is 5.32 Å². The fourth-order valence-electron chi connectivity index (χ4n) is 1.56. The van der Waals surface area contributed by atoms with Crippen molar-refractivity contribution in [3.8, 4) is 0 Å². The fourth-order valence-corrected chi connectivity index (χ4v) is 1.56. The van der Waals surface area contributed by atoms with Crippen LogP contribution in [0.3, 0.4) is 0 Å². The van der Waals surface area contributed by atoms with E-state index in [4.69, 9.17) is 4.74 Å². The summed E-state index contributed by atoms with van der Waals surface area (Å²) in [5.41, 5.74) is 1.28. The number of carbonyl (C=O) groups is 3. The molecule has 1 aromatic rings. The molecule has 0 saturated carbocycles. The smallest absolute Gasteiger partial charge is 0.338 e. The lowest BCUT2D eigenvalue weighted by Gasteiger charge is -2.10. The van der Waals surface area contributed by atoms with Crippen LogP contribution in [0.15, 0.2) is 24.3 Å². The van der Waals surface area contributed by atoms with Crippen molar-refractivity contribution in [2.24, 2.45) is 5.92 Å². The number of Topliss-reactive ketones (excluding diaryl/α,β-unsaturated/α-hetero) is 1. The lowest BCUT2D eigenvalue weighted by atomic mass is 10.1. The third kappa shape index (κ3) is 5.77. The van der Waals surface area contributed by atoms with Crippen molar-refractivity contribution in [2.45, 2.75) is 33.7 Å². The Morgan fingerprint density at radius 3 is 2.33 bits per heavy atom. The fraction of sp³-hybridized carbons (Fsp3) is 0.438. The van der Waals surface area contributed by atoms with Gasteiger partial charge in [0.05, 0.1) is 5.56 Å². The maximum Gasteiger partial charge on any atom is 0.338 e. The van der Waals surface area contributed by atoms with Crippen LogP contribution in [0.4, 0.5) is 0 Å². The van der Waals surface area contributed by atoms with E-state index in [1.54, 1.807) is 24.3 Å². The van der Waals surface area contributed by atoms with Crippen LogP contribution in [0.2, 0.25) is 0 Å². The molecule has 1 amide bonds. The van der Waals surface area contributed by atoms with Crippen molar-refractivity contribution >= 4 is 17.7 Å². The quantitative estimate of drug-likeness (QED) is 0.781. The summed E-state index contributed by atoms with van der Waals surface area (Å²) >= 11 is 0. The standard InChI is InChI=1S/C16H21NO4/c1-4-11(2)15(19)17-9-13-5-7-14(8-6-13)16(20)21-10-12(3)18/h5-8,11H,4,9-10H2,1-3H3,(H,17,19)/t11-/m0/s1. The molecular weight excluding hydrogens is 270 g/mol. The van der Waals surface area contributed by atoms with Crippen LogP contribution < -0.4 is 5.32 Å². The van der Waals surface area contributed by atoms with Gasteiger partial charge in [0, 0.05) is 12.5 Å². The first-order valence-corrected chi connectivity index (χ1v) is 6.97. The summed E-state index contributed by atoms with van der Waals surface area (Å²) in [4.78, 5) is 34.0. The number of rotatable bonds is 7. The van der Waals surface area contributed by atoms with Crippen LogP contribution in [-0.2, 0) is 20.9 Å². The van der Waals surface area contributed by atoms with Crippen LogP contribution in [0.25, 0.3) is 0 Å². The number of ketones is 1. The monoisotopic (exact) mass is 291 g/mol. The number of nitrogens with one attached hydrogen (secondary N) is 1. The van der Waals surface area contributed by atoms with Crippen LogP contribution in [0.5, 0.6) is 0 Å². The van der Waals surface area contributed by atoms with Crippen LogP contribution in [0.1, 0.15) is 43.1 Å². The largest absolute Gasteiger partial charge is 0.454 e. The molecule has 0 aliphatic heterocycles. The number of ether oxygens (including phenoxy) is 1. The molecule has 0 aliphatic rings. The van der Waals surface area contributed by atoms with Gasteiger partial charge in [-0.25, -0.2) is 4.79 Å². The summed E-state index contributed by atoms with van der Waals surface area (Å²) in [6, 6.07) is 6.74. The third-order valence-corrected chi connectivity index (χ3v) is 3.12. The van der Waals surface area contributed by atoms with Crippen molar-refractivity contribution in [3.63, 3.8) is 0 Å². The molecule has 0 bridgehead atoms. The Labute approximate surface area is 124 Å². The molecule has 114 valence electrons. The van der Waals surface area contributed by atoms with Gasteiger partial charge in [-0.2, -0.15) is 0 Å². The van der Waals surface area contributed by atoms with E-state index in [0.717, 1.165) is 12.0 Å². The number of hydrogen-bond acceptors (Lipinski definition) is 4. The molecule has 0 radical (unpaired) electrons. The molecule has 21 heavy (non-hydrogen) atoms. The summed E-state index contributed by atoms with van der Waals surface area (Å²) in [5, 5.41) is 2.84. The average molecular weight is 291 g/mol. The molecule has 0 heterocycles. The molecule has 1 atom stereocenters. The van der Waals surface area contributed by atoms with Crippen molar-refractivity contribution in [3.05, 3.63) is 35.4 Å². The predicted molar refractivity (Wildman–Crippen MR) is 78.7 cm³/mol. The highest BCUT2D eigenvalue weighted by Gasteiger charge is 2.10. The lowest BCUT2D eigenvalue weighted by molar-refractivity contribution is -0.124. The van der Waals surface area contributed by atoms with Crippen molar-refractivity contribution in [2.75, 3.05) is 6.61 Å². The van der Waals surface area contributed by atoms with Gasteiger partial charge >= 0.3 is 5.97 Å². The number of carbonyl (C=O) groups excluding carboxylic acids is 3. The minimum absolute atomic E-state index is 0.00849. The number of esters is 1. The summed E-state index contributed by atoms with van der Waals surface area (Å²) in [6.07, 6.45) is 0.798. The van der Waals surface area contributed by atoms with E-state index < -0.39 is 5.97 Å². The van der Waals surface area contributed by atoms with Crippen LogP contribution in [0, 0.1) is 5.92 Å².